The minimum Gasteiger partial charge on any atom is -0.461 e. The number of nitrogens with zero attached hydrogens (tertiary/aromatic N) is 1. The highest BCUT2D eigenvalue weighted by molar-refractivity contribution is 7.14. The van der Waals surface area contributed by atoms with Gasteiger partial charge in [0.05, 0.1) is 18.2 Å². The summed E-state index contributed by atoms with van der Waals surface area (Å²) in [5.74, 6) is -0.359. The molecule has 0 radical (unpaired) electrons. The molecule has 0 aliphatic heterocycles. The van der Waals surface area contributed by atoms with Crippen molar-refractivity contribution in [1.82, 2.24) is 4.98 Å². The summed E-state index contributed by atoms with van der Waals surface area (Å²) < 4.78 is 10.3. The van der Waals surface area contributed by atoms with E-state index in [1.165, 1.54) is 11.3 Å². The second kappa shape index (κ2) is 6.15. The van der Waals surface area contributed by atoms with Gasteiger partial charge in [-0.05, 0) is 26.2 Å². The van der Waals surface area contributed by atoms with Crippen molar-refractivity contribution in [2.75, 3.05) is 19.0 Å². The molecule has 100 valence electrons. The van der Waals surface area contributed by atoms with Crippen LogP contribution >= 0.6 is 11.3 Å². The number of anilines is 1. The Balaban J connectivity index is 1.98. The molecule has 0 amide bonds. The molecule has 1 fully saturated rings. The predicted octanol–water partition coefficient (Wildman–Crippen LogP) is 2.30. The van der Waals surface area contributed by atoms with Gasteiger partial charge < -0.3 is 14.8 Å². The minimum atomic E-state index is -0.359. The summed E-state index contributed by atoms with van der Waals surface area (Å²) in [6.07, 6.45) is 3.40. The van der Waals surface area contributed by atoms with Gasteiger partial charge in [-0.1, -0.05) is 0 Å². The van der Waals surface area contributed by atoms with E-state index in [0.717, 1.165) is 24.3 Å². The Kier molecular flexibility index (Phi) is 4.54. The molecule has 0 bridgehead atoms. The highest BCUT2D eigenvalue weighted by Gasteiger charge is 2.26. The van der Waals surface area contributed by atoms with E-state index in [-0.39, 0.29) is 5.97 Å². The van der Waals surface area contributed by atoms with Gasteiger partial charge in [0.15, 0.2) is 5.69 Å². The topological polar surface area (TPSA) is 60.5 Å². The van der Waals surface area contributed by atoms with Gasteiger partial charge in [0.2, 0.25) is 0 Å². The zero-order valence-corrected chi connectivity index (χ0v) is 11.5. The molecular formula is C12H18N2O3S. The average molecular weight is 270 g/mol. The summed E-state index contributed by atoms with van der Waals surface area (Å²) >= 11 is 1.44. The van der Waals surface area contributed by atoms with Crippen molar-refractivity contribution in [1.29, 1.82) is 0 Å². The molecule has 1 aliphatic rings. The summed E-state index contributed by atoms with van der Waals surface area (Å²) in [4.78, 5) is 15.7. The Morgan fingerprint density at radius 2 is 2.44 bits per heavy atom. The number of aromatic nitrogens is 1. The third kappa shape index (κ3) is 3.00. The number of thiazole rings is 1. The van der Waals surface area contributed by atoms with Crippen LogP contribution in [0.25, 0.3) is 0 Å². The second-order valence-electron chi connectivity index (χ2n) is 4.26. The van der Waals surface area contributed by atoms with Crippen molar-refractivity contribution in [2.45, 2.75) is 38.3 Å². The molecule has 0 spiro atoms. The molecule has 1 aromatic rings. The largest absolute Gasteiger partial charge is 0.461 e. The first-order valence-electron chi connectivity index (χ1n) is 6.14. The smallest absolute Gasteiger partial charge is 0.360 e. The van der Waals surface area contributed by atoms with E-state index in [0.29, 0.717) is 24.4 Å². The Morgan fingerprint density at radius 3 is 3.11 bits per heavy atom. The number of methoxy groups -OCH3 is 1. The van der Waals surface area contributed by atoms with Crippen molar-refractivity contribution < 1.29 is 14.3 Å². The van der Waals surface area contributed by atoms with Gasteiger partial charge in [0, 0.05) is 13.2 Å². The van der Waals surface area contributed by atoms with E-state index >= 15 is 0 Å². The lowest BCUT2D eigenvalue weighted by Crippen LogP contribution is -2.18. The van der Waals surface area contributed by atoms with E-state index in [1.807, 2.05) is 0 Å². The van der Waals surface area contributed by atoms with Crippen LogP contribution in [0.4, 0.5) is 5.00 Å². The number of carbonyl (C=O) groups excluding carboxylic acids is 1. The van der Waals surface area contributed by atoms with Crippen LogP contribution in [0, 0.1) is 0 Å². The number of ether oxygens (including phenoxy) is 2. The molecule has 1 N–H and O–H groups in total. The van der Waals surface area contributed by atoms with Crippen molar-refractivity contribution >= 4 is 22.3 Å². The molecule has 2 unspecified atom stereocenters. The summed E-state index contributed by atoms with van der Waals surface area (Å²) in [6.45, 7) is 2.16. The predicted molar refractivity (Wildman–Crippen MR) is 70.1 cm³/mol. The maximum Gasteiger partial charge on any atom is 0.360 e. The molecule has 0 saturated heterocycles. The third-order valence-electron chi connectivity index (χ3n) is 3.09. The molecule has 5 nitrogen and oxygen atoms in total. The lowest BCUT2D eigenvalue weighted by Gasteiger charge is -2.13. The van der Waals surface area contributed by atoms with Gasteiger partial charge >= 0.3 is 5.97 Å². The van der Waals surface area contributed by atoms with Crippen molar-refractivity contribution in [3.63, 3.8) is 0 Å². The minimum absolute atomic E-state index is 0.321. The molecule has 1 aromatic heterocycles. The van der Waals surface area contributed by atoms with Crippen LogP contribution < -0.4 is 5.32 Å². The Morgan fingerprint density at radius 1 is 1.61 bits per heavy atom. The van der Waals surface area contributed by atoms with Gasteiger partial charge in [-0.25, -0.2) is 9.78 Å². The monoisotopic (exact) mass is 270 g/mol. The van der Waals surface area contributed by atoms with Crippen LogP contribution in [0.5, 0.6) is 0 Å². The van der Waals surface area contributed by atoms with Gasteiger partial charge in [-0.2, -0.15) is 0 Å². The van der Waals surface area contributed by atoms with E-state index in [4.69, 9.17) is 9.47 Å². The fourth-order valence-corrected chi connectivity index (χ4v) is 2.91. The van der Waals surface area contributed by atoms with Crippen LogP contribution in [0.2, 0.25) is 0 Å². The van der Waals surface area contributed by atoms with Gasteiger partial charge in [-0.3, -0.25) is 0 Å². The number of nitrogens with one attached hydrogen (secondary N) is 1. The molecular weight excluding hydrogens is 252 g/mol. The van der Waals surface area contributed by atoms with Crippen LogP contribution in [0.1, 0.15) is 36.7 Å². The molecule has 6 heteroatoms. The third-order valence-corrected chi connectivity index (χ3v) is 3.85. The molecule has 18 heavy (non-hydrogen) atoms. The number of esters is 1. The summed E-state index contributed by atoms with van der Waals surface area (Å²) in [5, 5.41) is 4.17. The quantitative estimate of drug-likeness (QED) is 0.832. The normalized spacial score (nSPS) is 23.0. The maximum atomic E-state index is 11.7. The molecule has 2 atom stereocenters. The van der Waals surface area contributed by atoms with E-state index < -0.39 is 0 Å². The zero-order valence-electron chi connectivity index (χ0n) is 10.6. The fourth-order valence-electron chi connectivity index (χ4n) is 2.16. The van der Waals surface area contributed by atoms with Gasteiger partial charge in [0.1, 0.15) is 5.00 Å². The van der Waals surface area contributed by atoms with Crippen LogP contribution in [0.3, 0.4) is 0 Å². The fraction of sp³-hybridized carbons (Fsp3) is 0.667. The number of hydrogen-bond acceptors (Lipinski definition) is 6. The highest BCUT2D eigenvalue weighted by Crippen LogP contribution is 2.28. The number of hydrogen-bond donors (Lipinski definition) is 1. The zero-order chi connectivity index (χ0) is 13.0. The molecule has 1 saturated carbocycles. The van der Waals surface area contributed by atoms with Gasteiger partial charge in [0.25, 0.3) is 0 Å². The summed E-state index contributed by atoms with van der Waals surface area (Å²) in [5.41, 5.74) is 2.06. The lowest BCUT2D eigenvalue weighted by atomic mass is 10.2. The standard InChI is InChI=1S/C12H18N2O3S/c1-3-17-12(15)10-11(18-7-13-10)14-8-4-5-9(6-8)16-2/h7-9,14H,3-6H2,1-2H3. The van der Waals surface area contributed by atoms with Crippen molar-refractivity contribution in [3.05, 3.63) is 11.2 Å². The van der Waals surface area contributed by atoms with Crippen LogP contribution in [-0.4, -0.2) is 36.8 Å². The lowest BCUT2D eigenvalue weighted by molar-refractivity contribution is 0.0521. The van der Waals surface area contributed by atoms with E-state index in [2.05, 4.69) is 10.3 Å². The first-order chi connectivity index (χ1) is 8.74. The second-order valence-corrected chi connectivity index (χ2v) is 5.12. The van der Waals surface area contributed by atoms with Crippen LogP contribution in [0.15, 0.2) is 5.51 Å². The Labute approximate surface area is 111 Å². The van der Waals surface area contributed by atoms with E-state index in [1.54, 1.807) is 19.5 Å². The van der Waals surface area contributed by atoms with Gasteiger partial charge in [-0.15, -0.1) is 11.3 Å². The summed E-state index contributed by atoms with van der Waals surface area (Å²) in [6, 6.07) is 0.351. The summed E-state index contributed by atoms with van der Waals surface area (Å²) in [7, 11) is 1.74. The molecule has 2 rings (SSSR count). The molecule has 1 aliphatic carbocycles. The Bertz CT molecular complexity index is 408. The maximum absolute atomic E-state index is 11.7. The SMILES string of the molecule is CCOC(=O)c1ncsc1NC1CCC(OC)C1. The first kappa shape index (κ1) is 13.3. The number of carbonyl (C=O) groups is 1. The van der Waals surface area contributed by atoms with Crippen molar-refractivity contribution in [3.8, 4) is 0 Å². The first-order valence-corrected chi connectivity index (χ1v) is 7.02. The Hall–Kier alpha value is -1.14. The molecule has 1 heterocycles. The highest BCUT2D eigenvalue weighted by atomic mass is 32.1. The van der Waals surface area contributed by atoms with Crippen LogP contribution in [-0.2, 0) is 9.47 Å². The molecule has 0 aromatic carbocycles. The number of rotatable bonds is 5. The van der Waals surface area contributed by atoms with Crippen molar-refractivity contribution in [2.24, 2.45) is 0 Å². The van der Waals surface area contributed by atoms with E-state index in [9.17, 15) is 4.79 Å². The average Bonchev–Trinajstić information content (AvgIpc) is 2.99.